The van der Waals surface area contributed by atoms with E-state index >= 15 is 0 Å². The number of nitrogens with one attached hydrogen (secondary N) is 2. The highest BCUT2D eigenvalue weighted by atomic mass is 16.2. The molecule has 6 nitrogen and oxygen atoms in total. The number of aromatic amines is 1. The van der Waals surface area contributed by atoms with Gasteiger partial charge >= 0.3 is 0 Å². The number of benzene rings is 1. The van der Waals surface area contributed by atoms with Gasteiger partial charge in [-0.25, -0.2) is 4.98 Å². The summed E-state index contributed by atoms with van der Waals surface area (Å²) in [5, 5.41) is 2.71. The van der Waals surface area contributed by atoms with Crippen LogP contribution in [0.3, 0.4) is 0 Å². The van der Waals surface area contributed by atoms with Gasteiger partial charge in [-0.2, -0.15) is 0 Å². The second-order valence-corrected chi connectivity index (χ2v) is 4.43. The lowest BCUT2D eigenvalue weighted by Gasteiger charge is -2.07. The number of Topliss-reactive ketones (excluding diaryl/α,β-unsaturated/α-hetero) is 1. The van der Waals surface area contributed by atoms with E-state index in [1.165, 1.54) is 6.33 Å². The second kappa shape index (κ2) is 5.56. The second-order valence-electron chi connectivity index (χ2n) is 4.43. The molecule has 0 bridgehead atoms. The molecule has 1 aromatic heterocycles. The van der Waals surface area contributed by atoms with Gasteiger partial charge in [0.25, 0.3) is 5.91 Å². The van der Waals surface area contributed by atoms with E-state index in [9.17, 15) is 9.59 Å². The summed E-state index contributed by atoms with van der Waals surface area (Å²) in [4.78, 5) is 30.4. The molecule has 0 unspecified atom stereocenters. The Bertz CT molecular complexity index is 661. The molecule has 4 N–H and O–H groups in total. The van der Waals surface area contributed by atoms with Crippen LogP contribution in [0.15, 0.2) is 24.5 Å². The first-order valence-electron chi connectivity index (χ1n) is 6.27. The summed E-state index contributed by atoms with van der Waals surface area (Å²) in [5.41, 5.74) is 8.21. The number of anilines is 2. The van der Waals surface area contributed by atoms with Crippen molar-refractivity contribution < 1.29 is 9.59 Å². The fourth-order valence-electron chi connectivity index (χ4n) is 1.79. The molecule has 2 aromatic rings. The van der Waals surface area contributed by atoms with Crippen molar-refractivity contribution in [3.63, 3.8) is 0 Å². The van der Waals surface area contributed by atoms with Crippen LogP contribution in [0.1, 0.15) is 39.9 Å². The lowest BCUT2D eigenvalue weighted by molar-refractivity contribution is 0.0963. The Morgan fingerprint density at radius 2 is 2.15 bits per heavy atom. The number of imidazole rings is 1. The summed E-state index contributed by atoms with van der Waals surface area (Å²) in [5.74, 6) is -0.576. The quantitative estimate of drug-likeness (QED) is 0.586. The Balaban J connectivity index is 2.22. The first kappa shape index (κ1) is 13.8. The molecule has 0 aliphatic rings. The van der Waals surface area contributed by atoms with Gasteiger partial charge in [-0.3, -0.25) is 9.59 Å². The van der Waals surface area contributed by atoms with E-state index in [4.69, 9.17) is 5.73 Å². The van der Waals surface area contributed by atoms with Crippen molar-refractivity contribution in [2.75, 3.05) is 11.1 Å². The average molecular weight is 272 g/mol. The molecule has 0 saturated heterocycles. The number of ketones is 1. The van der Waals surface area contributed by atoms with Gasteiger partial charge in [-0.1, -0.05) is 6.92 Å². The van der Waals surface area contributed by atoms with Crippen LogP contribution in [0.25, 0.3) is 0 Å². The molecule has 0 saturated carbocycles. The smallest absolute Gasteiger partial charge is 0.274 e. The van der Waals surface area contributed by atoms with Crippen LogP contribution in [0.2, 0.25) is 0 Å². The molecule has 0 fully saturated rings. The summed E-state index contributed by atoms with van der Waals surface area (Å²) in [6.45, 7) is 3.58. The number of aromatic nitrogens is 2. The molecule has 20 heavy (non-hydrogen) atoms. The van der Waals surface area contributed by atoms with Crippen molar-refractivity contribution in [3.05, 3.63) is 41.5 Å². The van der Waals surface area contributed by atoms with E-state index in [-0.39, 0.29) is 17.2 Å². The SMILES string of the molecule is CCC(=O)c1nc[nH]c1C(=O)Nc1ccc(N)c(C)c1. The Morgan fingerprint density at radius 3 is 2.80 bits per heavy atom. The fourth-order valence-corrected chi connectivity index (χ4v) is 1.79. The maximum Gasteiger partial charge on any atom is 0.274 e. The number of carbonyl (C=O) groups is 2. The summed E-state index contributed by atoms with van der Waals surface area (Å²) in [6, 6.07) is 5.19. The Kier molecular flexibility index (Phi) is 3.84. The van der Waals surface area contributed by atoms with E-state index in [1.54, 1.807) is 25.1 Å². The predicted octanol–water partition coefficient (Wildman–Crippen LogP) is 2.15. The average Bonchev–Trinajstić information content (AvgIpc) is 2.91. The minimum atomic E-state index is -0.400. The molecule has 0 radical (unpaired) electrons. The third-order valence-electron chi connectivity index (χ3n) is 2.98. The number of hydrogen-bond donors (Lipinski definition) is 3. The van der Waals surface area contributed by atoms with Gasteiger partial charge in [-0.15, -0.1) is 0 Å². The van der Waals surface area contributed by atoms with Gasteiger partial charge < -0.3 is 16.0 Å². The molecule has 0 aliphatic carbocycles. The number of carbonyl (C=O) groups excluding carboxylic acids is 2. The Morgan fingerprint density at radius 1 is 1.40 bits per heavy atom. The minimum Gasteiger partial charge on any atom is -0.399 e. The molecule has 6 heteroatoms. The molecule has 1 heterocycles. The summed E-state index contributed by atoms with van der Waals surface area (Å²) in [6.07, 6.45) is 1.64. The number of rotatable bonds is 4. The number of nitrogens with zero attached hydrogens (tertiary/aromatic N) is 1. The molecule has 0 spiro atoms. The highest BCUT2D eigenvalue weighted by Gasteiger charge is 2.19. The van der Waals surface area contributed by atoms with Crippen molar-refractivity contribution in [1.29, 1.82) is 0 Å². The summed E-state index contributed by atoms with van der Waals surface area (Å²) >= 11 is 0. The van der Waals surface area contributed by atoms with Crippen LogP contribution < -0.4 is 11.1 Å². The fraction of sp³-hybridized carbons (Fsp3) is 0.214. The molecule has 1 amide bonds. The van der Waals surface area contributed by atoms with Crippen LogP contribution in [-0.2, 0) is 0 Å². The zero-order valence-corrected chi connectivity index (χ0v) is 11.4. The number of aryl methyl sites for hydroxylation is 1. The van der Waals surface area contributed by atoms with Gasteiger partial charge in [0.05, 0.1) is 6.33 Å². The molecule has 104 valence electrons. The van der Waals surface area contributed by atoms with Gasteiger partial charge in [0.1, 0.15) is 11.4 Å². The molecule has 1 aromatic carbocycles. The van der Waals surface area contributed by atoms with Crippen molar-refractivity contribution in [2.24, 2.45) is 0 Å². The van der Waals surface area contributed by atoms with Crippen molar-refractivity contribution in [2.45, 2.75) is 20.3 Å². The standard InChI is InChI=1S/C14H16N4O2/c1-3-11(19)12-13(17-7-16-12)14(20)18-9-4-5-10(15)8(2)6-9/h4-7H,3,15H2,1-2H3,(H,16,17)(H,18,20). The van der Waals surface area contributed by atoms with Crippen LogP contribution in [0.4, 0.5) is 11.4 Å². The number of nitrogen functional groups attached to an aromatic ring is 1. The molecular formula is C14H16N4O2. The number of nitrogens with two attached hydrogens (primary N) is 1. The van der Waals surface area contributed by atoms with E-state index < -0.39 is 5.91 Å². The van der Waals surface area contributed by atoms with E-state index in [0.29, 0.717) is 17.8 Å². The lowest BCUT2D eigenvalue weighted by atomic mass is 10.1. The van der Waals surface area contributed by atoms with E-state index in [1.807, 2.05) is 6.92 Å². The topological polar surface area (TPSA) is 101 Å². The highest BCUT2D eigenvalue weighted by Crippen LogP contribution is 2.17. The monoisotopic (exact) mass is 272 g/mol. The normalized spacial score (nSPS) is 10.3. The largest absolute Gasteiger partial charge is 0.399 e. The van der Waals surface area contributed by atoms with Crippen LogP contribution in [-0.4, -0.2) is 21.7 Å². The lowest BCUT2D eigenvalue weighted by Crippen LogP contribution is -2.16. The van der Waals surface area contributed by atoms with Crippen LogP contribution in [0.5, 0.6) is 0 Å². The minimum absolute atomic E-state index is 0.164. The zero-order valence-electron chi connectivity index (χ0n) is 11.4. The maximum absolute atomic E-state index is 12.1. The third-order valence-corrected chi connectivity index (χ3v) is 2.98. The van der Waals surface area contributed by atoms with Gasteiger partial charge in [0, 0.05) is 17.8 Å². The Labute approximate surface area is 116 Å². The molecule has 0 aliphatic heterocycles. The molecular weight excluding hydrogens is 256 g/mol. The predicted molar refractivity (Wildman–Crippen MR) is 76.8 cm³/mol. The number of amides is 1. The van der Waals surface area contributed by atoms with Crippen LogP contribution >= 0.6 is 0 Å². The summed E-state index contributed by atoms with van der Waals surface area (Å²) in [7, 11) is 0. The van der Waals surface area contributed by atoms with E-state index in [2.05, 4.69) is 15.3 Å². The van der Waals surface area contributed by atoms with Gasteiger partial charge in [-0.05, 0) is 30.7 Å². The zero-order chi connectivity index (χ0) is 14.7. The number of H-pyrrole nitrogens is 1. The highest BCUT2D eigenvalue weighted by molar-refractivity contribution is 6.10. The molecule has 2 rings (SSSR count). The summed E-state index contributed by atoms with van der Waals surface area (Å²) < 4.78 is 0. The first-order valence-corrected chi connectivity index (χ1v) is 6.27. The van der Waals surface area contributed by atoms with Gasteiger partial charge in [0.15, 0.2) is 5.78 Å². The maximum atomic E-state index is 12.1. The van der Waals surface area contributed by atoms with Crippen LogP contribution in [0, 0.1) is 6.92 Å². The van der Waals surface area contributed by atoms with E-state index in [0.717, 1.165) is 5.56 Å². The Hall–Kier alpha value is -2.63. The first-order chi connectivity index (χ1) is 9.52. The van der Waals surface area contributed by atoms with Crippen molar-refractivity contribution in [1.82, 2.24) is 9.97 Å². The van der Waals surface area contributed by atoms with Gasteiger partial charge in [0.2, 0.25) is 0 Å². The molecule has 0 atom stereocenters. The van der Waals surface area contributed by atoms with Crippen molar-refractivity contribution >= 4 is 23.1 Å². The third kappa shape index (κ3) is 2.69. The van der Waals surface area contributed by atoms with Crippen molar-refractivity contribution in [3.8, 4) is 0 Å². The number of hydrogen-bond acceptors (Lipinski definition) is 4.